The van der Waals surface area contributed by atoms with E-state index in [0.717, 1.165) is 30.8 Å². The number of hydrogen-bond donors (Lipinski definition) is 1. The molecule has 1 aromatic heterocycles. The van der Waals surface area contributed by atoms with E-state index in [1.54, 1.807) is 26.2 Å². The molecule has 0 amide bonds. The highest BCUT2D eigenvalue weighted by Gasteiger charge is 2.33. The van der Waals surface area contributed by atoms with Gasteiger partial charge in [0.15, 0.2) is 11.5 Å². The molecule has 4 rings (SSSR count). The maximum Gasteiger partial charge on any atom is 0.161 e. The summed E-state index contributed by atoms with van der Waals surface area (Å²) >= 11 is 0. The fourth-order valence-corrected chi connectivity index (χ4v) is 4.61. The number of methoxy groups -OCH3 is 1. The van der Waals surface area contributed by atoms with Gasteiger partial charge >= 0.3 is 0 Å². The molecule has 2 aromatic carbocycles. The van der Waals surface area contributed by atoms with Crippen LogP contribution in [0.15, 0.2) is 48.8 Å². The molecule has 0 radical (unpaired) electrons. The van der Waals surface area contributed by atoms with Gasteiger partial charge in [-0.15, -0.1) is 0 Å². The van der Waals surface area contributed by atoms with Gasteiger partial charge in [0.2, 0.25) is 0 Å². The Kier molecular flexibility index (Phi) is 9.60. The van der Waals surface area contributed by atoms with Crippen LogP contribution in [-0.2, 0) is 24.2 Å². The number of β-amino-alcohol motifs (C(OH)–C–C–N with tert-alkyl or cyclic N) is 1. The van der Waals surface area contributed by atoms with Crippen molar-refractivity contribution in [2.45, 2.75) is 45.4 Å². The summed E-state index contributed by atoms with van der Waals surface area (Å²) in [6, 6.07) is 10.5. The van der Waals surface area contributed by atoms with E-state index < -0.39 is 5.60 Å². The third kappa shape index (κ3) is 7.46. The highest BCUT2D eigenvalue weighted by Crippen LogP contribution is 2.29. The Hall–Kier alpha value is -3.14. The summed E-state index contributed by atoms with van der Waals surface area (Å²) in [6.45, 7) is 7.59. The van der Waals surface area contributed by atoms with Crippen LogP contribution in [0, 0.1) is 12.7 Å². The number of benzene rings is 2. The van der Waals surface area contributed by atoms with Crippen molar-refractivity contribution >= 4 is 0 Å². The Bertz CT molecular complexity index is 1190. The summed E-state index contributed by atoms with van der Waals surface area (Å²) in [7, 11) is 1.64. The fraction of sp³-hybridized carbons (Fsp3) is 0.483. The average molecular weight is 528 g/mol. The monoisotopic (exact) mass is 527 g/mol. The van der Waals surface area contributed by atoms with Crippen molar-refractivity contribution < 1.29 is 28.4 Å². The first-order valence-electron chi connectivity index (χ1n) is 13.1. The van der Waals surface area contributed by atoms with Crippen molar-refractivity contribution in [3.8, 4) is 17.2 Å². The van der Waals surface area contributed by atoms with E-state index in [1.807, 2.05) is 30.6 Å². The second-order valence-corrected chi connectivity index (χ2v) is 9.76. The van der Waals surface area contributed by atoms with Gasteiger partial charge in [-0.1, -0.05) is 13.0 Å². The minimum absolute atomic E-state index is 0.0451. The standard InChI is InChI=1S/C29H38FN3O5/c1-4-28-31-10-12-33(28)11-5-14-37-26-9-6-23(17-27(26)35-3)18-32-13-15-36-20-29(34,19-32)21-38-24-7-8-25(30)22(2)16-24/h6-10,12,16-17,34H,4-5,11,13-15,18-21H2,1-3H3/t29-/m1/s1. The maximum absolute atomic E-state index is 13.6. The molecule has 0 bridgehead atoms. The van der Waals surface area contributed by atoms with Gasteiger partial charge in [0, 0.05) is 45.0 Å². The van der Waals surface area contributed by atoms with E-state index in [0.29, 0.717) is 55.7 Å². The Morgan fingerprint density at radius 3 is 2.82 bits per heavy atom. The molecular formula is C29H38FN3O5. The van der Waals surface area contributed by atoms with E-state index in [-0.39, 0.29) is 19.0 Å². The first-order valence-corrected chi connectivity index (χ1v) is 13.1. The number of ether oxygens (including phenoxy) is 4. The van der Waals surface area contributed by atoms with Gasteiger partial charge in [-0.2, -0.15) is 0 Å². The van der Waals surface area contributed by atoms with Gasteiger partial charge in [-0.3, -0.25) is 4.90 Å². The second-order valence-electron chi connectivity index (χ2n) is 9.76. The first kappa shape index (κ1) is 27.9. The number of rotatable bonds is 12. The number of nitrogens with zero attached hydrogens (tertiary/aromatic N) is 3. The van der Waals surface area contributed by atoms with Crippen LogP contribution in [0.1, 0.15) is 30.3 Å². The third-order valence-electron chi connectivity index (χ3n) is 6.63. The van der Waals surface area contributed by atoms with E-state index in [2.05, 4.69) is 21.4 Å². The number of hydrogen-bond acceptors (Lipinski definition) is 7. The largest absolute Gasteiger partial charge is 0.493 e. The lowest BCUT2D eigenvalue weighted by molar-refractivity contribution is -0.0646. The highest BCUT2D eigenvalue weighted by atomic mass is 19.1. The lowest BCUT2D eigenvalue weighted by Crippen LogP contribution is -2.48. The molecule has 0 spiro atoms. The Labute approximate surface area is 223 Å². The summed E-state index contributed by atoms with van der Waals surface area (Å²) in [5, 5.41) is 11.2. The lowest BCUT2D eigenvalue weighted by atomic mass is 10.1. The van der Waals surface area contributed by atoms with Crippen molar-refractivity contribution in [3.05, 3.63) is 71.6 Å². The predicted octanol–water partition coefficient (Wildman–Crippen LogP) is 4.01. The van der Waals surface area contributed by atoms with Crippen molar-refractivity contribution in [1.82, 2.24) is 14.5 Å². The zero-order valence-electron chi connectivity index (χ0n) is 22.5. The molecule has 0 saturated carbocycles. The number of aromatic nitrogens is 2. The molecule has 0 aliphatic carbocycles. The number of halogens is 1. The van der Waals surface area contributed by atoms with Crippen LogP contribution < -0.4 is 14.2 Å². The predicted molar refractivity (Wildman–Crippen MR) is 142 cm³/mol. The van der Waals surface area contributed by atoms with Gasteiger partial charge in [-0.05, 0) is 54.8 Å². The minimum Gasteiger partial charge on any atom is -0.493 e. The Balaban J connectivity index is 1.32. The molecule has 8 nitrogen and oxygen atoms in total. The van der Waals surface area contributed by atoms with Crippen LogP contribution in [0.3, 0.4) is 0 Å². The number of imidazole rings is 1. The molecule has 1 atom stereocenters. The smallest absolute Gasteiger partial charge is 0.161 e. The third-order valence-corrected chi connectivity index (χ3v) is 6.63. The molecule has 1 aliphatic rings. The maximum atomic E-state index is 13.6. The van der Waals surface area contributed by atoms with Crippen LogP contribution in [0.2, 0.25) is 0 Å². The van der Waals surface area contributed by atoms with E-state index >= 15 is 0 Å². The number of aryl methyl sites for hydroxylation is 3. The van der Waals surface area contributed by atoms with Crippen molar-refractivity contribution in [2.24, 2.45) is 0 Å². The SMILES string of the molecule is CCc1nccn1CCCOc1ccc(CN2CCOC[C@@](O)(COc3ccc(F)c(C)c3)C2)cc1OC. The Morgan fingerprint density at radius 2 is 2.03 bits per heavy atom. The summed E-state index contributed by atoms with van der Waals surface area (Å²) in [5.41, 5.74) is 0.344. The molecule has 1 saturated heterocycles. The molecule has 9 heteroatoms. The second kappa shape index (κ2) is 13.1. The zero-order valence-corrected chi connectivity index (χ0v) is 22.5. The fourth-order valence-electron chi connectivity index (χ4n) is 4.61. The molecule has 3 aromatic rings. The van der Waals surface area contributed by atoms with Crippen molar-refractivity contribution in [2.75, 3.05) is 46.6 Å². The van der Waals surface area contributed by atoms with E-state index in [1.165, 1.54) is 6.07 Å². The van der Waals surface area contributed by atoms with Gasteiger partial charge in [0.25, 0.3) is 0 Å². The summed E-state index contributed by atoms with van der Waals surface area (Å²) in [4.78, 5) is 6.49. The first-order chi connectivity index (χ1) is 18.4. The Morgan fingerprint density at radius 1 is 1.16 bits per heavy atom. The molecular weight excluding hydrogens is 489 g/mol. The lowest BCUT2D eigenvalue weighted by Gasteiger charge is -2.30. The molecule has 0 unspecified atom stereocenters. The van der Waals surface area contributed by atoms with Crippen LogP contribution in [-0.4, -0.2) is 71.8 Å². The van der Waals surface area contributed by atoms with Crippen molar-refractivity contribution in [1.29, 1.82) is 0 Å². The molecule has 1 aliphatic heterocycles. The summed E-state index contributed by atoms with van der Waals surface area (Å²) in [6.07, 6.45) is 5.60. The van der Waals surface area contributed by atoms with Gasteiger partial charge in [0.05, 0.1) is 26.9 Å². The quantitative estimate of drug-likeness (QED) is 0.357. The van der Waals surface area contributed by atoms with Crippen LogP contribution in [0.25, 0.3) is 0 Å². The van der Waals surface area contributed by atoms with Gasteiger partial charge in [0.1, 0.15) is 29.6 Å². The van der Waals surface area contributed by atoms with Crippen LogP contribution in [0.5, 0.6) is 17.2 Å². The normalized spacial score (nSPS) is 18.2. The summed E-state index contributed by atoms with van der Waals surface area (Å²) < 4.78 is 38.8. The molecule has 206 valence electrons. The summed E-state index contributed by atoms with van der Waals surface area (Å²) in [5.74, 6) is 2.69. The van der Waals surface area contributed by atoms with E-state index in [4.69, 9.17) is 18.9 Å². The minimum atomic E-state index is -1.20. The number of aliphatic hydroxyl groups is 1. The van der Waals surface area contributed by atoms with Crippen molar-refractivity contribution in [3.63, 3.8) is 0 Å². The molecule has 1 N–H and O–H groups in total. The van der Waals surface area contributed by atoms with Gasteiger partial charge < -0.3 is 28.6 Å². The average Bonchev–Trinajstić information content (AvgIpc) is 3.29. The van der Waals surface area contributed by atoms with Crippen LogP contribution in [0.4, 0.5) is 4.39 Å². The zero-order chi connectivity index (χ0) is 27.0. The van der Waals surface area contributed by atoms with Gasteiger partial charge in [-0.25, -0.2) is 9.37 Å². The van der Waals surface area contributed by atoms with E-state index in [9.17, 15) is 9.50 Å². The molecule has 1 fully saturated rings. The molecule has 38 heavy (non-hydrogen) atoms. The highest BCUT2D eigenvalue weighted by molar-refractivity contribution is 5.43. The van der Waals surface area contributed by atoms with Crippen LogP contribution >= 0.6 is 0 Å². The molecule has 2 heterocycles. The topological polar surface area (TPSA) is 78.2 Å².